The Labute approximate surface area is 153 Å². The molecular weight excluding hydrogens is 356 g/mol. The van der Waals surface area contributed by atoms with Crippen molar-refractivity contribution >= 4 is 16.8 Å². The van der Waals surface area contributed by atoms with Gasteiger partial charge in [-0.15, -0.1) is 0 Å². The number of fused-ring (bicyclic) bond motifs is 1. The molecule has 1 fully saturated rings. The molecule has 0 aliphatic carbocycles. The molecule has 4 heterocycles. The summed E-state index contributed by atoms with van der Waals surface area (Å²) in [6.45, 7) is 0.219. The molecule has 0 spiro atoms. The summed E-state index contributed by atoms with van der Waals surface area (Å²) in [6.07, 6.45) is 0.829. The van der Waals surface area contributed by atoms with Crippen molar-refractivity contribution in [1.29, 1.82) is 0 Å². The first kappa shape index (κ1) is 17.5. The van der Waals surface area contributed by atoms with Crippen molar-refractivity contribution in [3.63, 3.8) is 0 Å². The zero-order valence-corrected chi connectivity index (χ0v) is 14.3. The van der Waals surface area contributed by atoms with Crippen LogP contribution in [0.4, 0.5) is 8.78 Å². The van der Waals surface area contributed by atoms with Gasteiger partial charge in [0.15, 0.2) is 5.82 Å². The standard InChI is InChI=1S/C18H17F2N5O2/c19-17(20)18(4-5-27-10-18)14-2-1-3-16(24-14)25-13-6-12(7-15(21)26)22-8-11(13)9-23-25/h1-3,6,8-9,17H,4-5,7,10H2,(H2,21,26). The molecule has 1 amide bonds. The van der Waals surface area contributed by atoms with Gasteiger partial charge in [-0.1, -0.05) is 6.07 Å². The lowest BCUT2D eigenvalue weighted by atomic mass is 9.83. The molecular formula is C18H17F2N5O2. The first-order chi connectivity index (χ1) is 13.0. The zero-order chi connectivity index (χ0) is 19.0. The highest BCUT2D eigenvalue weighted by molar-refractivity contribution is 5.81. The van der Waals surface area contributed by atoms with Gasteiger partial charge in [-0.3, -0.25) is 9.78 Å². The first-order valence-corrected chi connectivity index (χ1v) is 8.44. The van der Waals surface area contributed by atoms with E-state index in [1.54, 1.807) is 41.3 Å². The summed E-state index contributed by atoms with van der Waals surface area (Å²) in [7, 11) is 0. The van der Waals surface area contributed by atoms with Crippen molar-refractivity contribution < 1.29 is 18.3 Å². The molecule has 3 aromatic heterocycles. The van der Waals surface area contributed by atoms with Crippen LogP contribution in [0.25, 0.3) is 16.7 Å². The summed E-state index contributed by atoms with van der Waals surface area (Å²) in [6, 6.07) is 6.66. The highest BCUT2D eigenvalue weighted by Crippen LogP contribution is 2.38. The topological polar surface area (TPSA) is 95.9 Å². The number of carbonyl (C=O) groups is 1. The number of nitrogens with two attached hydrogens (primary N) is 1. The summed E-state index contributed by atoms with van der Waals surface area (Å²) in [5.74, 6) is -0.0844. The molecule has 140 valence electrons. The maximum absolute atomic E-state index is 13.8. The third-order valence-corrected chi connectivity index (χ3v) is 4.80. The van der Waals surface area contributed by atoms with Gasteiger partial charge in [-0.05, 0) is 24.6 Å². The minimum absolute atomic E-state index is 0.000417. The van der Waals surface area contributed by atoms with Crippen molar-refractivity contribution in [1.82, 2.24) is 19.7 Å². The van der Waals surface area contributed by atoms with E-state index in [0.717, 1.165) is 5.39 Å². The molecule has 7 nitrogen and oxygen atoms in total. The van der Waals surface area contributed by atoms with Gasteiger partial charge in [0, 0.05) is 18.2 Å². The summed E-state index contributed by atoms with van der Waals surface area (Å²) < 4.78 is 34.4. The molecule has 1 atom stereocenters. The lowest BCUT2D eigenvalue weighted by molar-refractivity contribution is -0.117. The molecule has 27 heavy (non-hydrogen) atoms. The number of nitrogens with zero attached hydrogens (tertiary/aromatic N) is 4. The van der Waals surface area contributed by atoms with Gasteiger partial charge in [0.1, 0.15) is 0 Å². The number of halogens is 2. The van der Waals surface area contributed by atoms with Crippen molar-refractivity contribution in [2.75, 3.05) is 13.2 Å². The Morgan fingerprint density at radius 2 is 2.22 bits per heavy atom. The smallest absolute Gasteiger partial charge is 0.251 e. The monoisotopic (exact) mass is 373 g/mol. The number of amides is 1. The second kappa shape index (κ2) is 6.66. The van der Waals surface area contributed by atoms with E-state index in [9.17, 15) is 13.6 Å². The number of carbonyl (C=O) groups excluding carboxylic acids is 1. The highest BCUT2D eigenvalue weighted by Gasteiger charge is 2.46. The molecule has 1 aliphatic heterocycles. The largest absolute Gasteiger partial charge is 0.380 e. The Kier molecular flexibility index (Phi) is 4.31. The minimum atomic E-state index is -2.58. The maximum atomic E-state index is 13.8. The van der Waals surface area contributed by atoms with Gasteiger partial charge >= 0.3 is 0 Å². The summed E-state index contributed by atoms with van der Waals surface area (Å²) in [5.41, 5.74) is 5.27. The number of pyridine rings is 2. The number of hydrogen-bond donors (Lipinski definition) is 1. The summed E-state index contributed by atoms with van der Waals surface area (Å²) in [4.78, 5) is 19.8. The highest BCUT2D eigenvalue weighted by atomic mass is 19.3. The predicted molar refractivity (Wildman–Crippen MR) is 92.7 cm³/mol. The molecule has 4 rings (SSSR count). The fraction of sp³-hybridized carbons (Fsp3) is 0.333. The average molecular weight is 373 g/mol. The van der Waals surface area contributed by atoms with Crippen molar-refractivity contribution in [3.8, 4) is 5.82 Å². The van der Waals surface area contributed by atoms with E-state index < -0.39 is 17.7 Å². The minimum Gasteiger partial charge on any atom is -0.380 e. The molecule has 9 heteroatoms. The lowest BCUT2D eigenvalue weighted by Crippen LogP contribution is -2.36. The summed E-state index contributed by atoms with van der Waals surface area (Å²) >= 11 is 0. The second-order valence-corrected chi connectivity index (χ2v) is 6.57. The van der Waals surface area contributed by atoms with Crippen LogP contribution in [0.3, 0.4) is 0 Å². The van der Waals surface area contributed by atoms with Gasteiger partial charge in [0.05, 0.1) is 41.5 Å². The Morgan fingerprint density at radius 1 is 1.37 bits per heavy atom. The molecule has 0 radical (unpaired) electrons. The SMILES string of the molecule is NC(=O)Cc1cc2c(cn1)cnn2-c1cccc(C2(C(F)F)CCOC2)n1. The fourth-order valence-corrected chi connectivity index (χ4v) is 3.30. The molecule has 1 unspecified atom stereocenters. The van der Waals surface area contributed by atoms with Crippen LogP contribution in [0, 0.1) is 0 Å². The molecule has 0 saturated carbocycles. The third kappa shape index (κ3) is 3.03. The lowest BCUT2D eigenvalue weighted by Gasteiger charge is -2.26. The molecule has 0 aromatic carbocycles. The number of rotatable bonds is 5. The molecule has 1 saturated heterocycles. The summed E-state index contributed by atoms with van der Waals surface area (Å²) in [5, 5.41) is 5.04. The number of aromatic nitrogens is 4. The van der Waals surface area contributed by atoms with Crippen LogP contribution in [0.1, 0.15) is 17.8 Å². The Hall–Kier alpha value is -2.94. The molecule has 2 N–H and O–H groups in total. The van der Waals surface area contributed by atoms with E-state index in [0.29, 0.717) is 17.0 Å². The van der Waals surface area contributed by atoms with Crippen molar-refractivity contribution in [3.05, 3.63) is 48.0 Å². The quantitative estimate of drug-likeness (QED) is 0.735. The van der Waals surface area contributed by atoms with E-state index in [4.69, 9.17) is 10.5 Å². The van der Waals surface area contributed by atoms with E-state index in [1.165, 1.54) is 0 Å². The van der Waals surface area contributed by atoms with Crippen LogP contribution in [0.5, 0.6) is 0 Å². The van der Waals surface area contributed by atoms with E-state index in [-0.39, 0.29) is 31.7 Å². The van der Waals surface area contributed by atoms with Crippen LogP contribution >= 0.6 is 0 Å². The van der Waals surface area contributed by atoms with Crippen LogP contribution in [-0.2, 0) is 21.4 Å². The number of ether oxygens (including phenoxy) is 1. The van der Waals surface area contributed by atoms with Gasteiger partial charge < -0.3 is 10.5 Å². The fourth-order valence-electron chi connectivity index (χ4n) is 3.30. The number of hydrogen-bond acceptors (Lipinski definition) is 5. The molecule has 3 aromatic rings. The van der Waals surface area contributed by atoms with E-state index >= 15 is 0 Å². The average Bonchev–Trinajstić information content (AvgIpc) is 3.29. The van der Waals surface area contributed by atoms with Crippen molar-refractivity contribution in [2.45, 2.75) is 24.7 Å². The van der Waals surface area contributed by atoms with Gasteiger partial charge in [0.2, 0.25) is 5.91 Å². The zero-order valence-electron chi connectivity index (χ0n) is 14.3. The molecule has 1 aliphatic rings. The van der Waals surface area contributed by atoms with Crippen LogP contribution in [-0.4, -0.2) is 45.3 Å². The predicted octanol–water partition coefficient (Wildman–Crippen LogP) is 1.77. The first-order valence-electron chi connectivity index (χ1n) is 8.44. The van der Waals surface area contributed by atoms with Gasteiger partial charge in [-0.2, -0.15) is 5.10 Å². The van der Waals surface area contributed by atoms with E-state index in [1.807, 2.05) is 0 Å². The number of alkyl halides is 2. The Bertz CT molecular complexity index is 998. The Balaban J connectivity index is 1.79. The Morgan fingerprint density at radius 3 is 2.93 bits per heavy atom. The third-order valence-electron chi connectivity index (χ3n) is 4.80. The molecule has 0 bridgehead atoms. The van der Waals surface area contributed by atoms with Crippen LogP contribution < -0.4 is 5.73 Å². The van der Waals surface area contributed by atoms with Crippen LogP contribution in [0.15, 0.2) is 36.7 Å². The number of primary amides is 1. The van der Waals surface area contributed by atoms with E-state index in [2.05, 4.69) is 15.1 Å². The normalized spacial score (nSPS) is 19.8. The van der Waals surface area contributed by atoms with Crippen LogP contribution in [0.2, 0.25) is 0 Å². The maximum Gasteiger partial charge on any atom is 0.251 e. The van der Waals surface area contributed by atoms with Gasteiger partial charge in [0.25, 0.3) is 6.43 Å². The van der Waals surface area contributed by atoms with Crippen molar-refractivity contribution in [2.24, 2.45) is 5.73 Å². The second-order valence-electron chi connectivity index (χ2n) is 6.57. The van der Waals surface area contributed by atoms with Gasteiger partial charge in [-0.25, -0.2) is 18.4 Å².